The molecule has 3 aromatic rings. The normalized spacial score (nSPS) is 12.5. The van der Waals surface area contributed by atoms with E-state index in [1.165, 1.54) is 6.20 Å². The number of aromatic nitrogens is 4. The van der Waals surface area contributed by atoms with Crippen molar-refractivity contribution in [1.29, 1.82) is 0 Å². The van der Waals surface area contributed by atoms with E-state index in [0.29, 0.717) is 39.4 Å². The van der Waals surface area contributed by atoms with Gasteiger partial charge >= 0.3 is 0 Å². The number of fused-ring (bicyclic) bond motifs is 1. The topological polar surface area (TPSA) is 83.6 Å². The molecule has 0 saturated heterocycles. The molecule has 9 heteroatoms. The molecule has 0 spiro atoms. The molecule has 0 aromatic carbocycles. The number of imidazole rings is 1. The Balaban J connectivity index is 1.92. The molecule has 142 valence electrons. The summed E-state index contributed by atoms with van der Waals surface area (Å²) in [5.41, 5.74) is 2.31. The highest BCUT2D eigenvalue weighted by Gasteiger charge is 2.28. The molecule has 0 radical (unpaired) electrons. The van der Waals surface area contributed by atoms with Crippen molar-refractivity contribution in [3.63, 3.8) is 0 Å². The van der Waals surface area contributed by atoms with Crippen LogP contribution in [0.15, 0.2) is 24.5 Å². The molecule has 3 aromatic heterocycles. The number of rotatable bonds is 6. The van der Waals surface area contributed by atoms with Gasteiger partial charge in [-0.05, 0) is 25.0 Å². The molecule has 1 amide bonds. The number of hydrogen-bond donors (Lipinski definition) is 2. The van der Waals surface area contributed by atoms with Crippen LogP contribution in [0, 0.1) is 6.92 Å². The minimum atomic E-state index is -2.80. The molecule has 1 atom stereocenters. The number of halogens is 3. The second-order valence-corrected chi connectivity index (χ2v) is 6.50. The highest BCUT2D eigenvalue weighted by Crippen LogP contribution is 2.25. The monoisotopic (exact) mass is 393 g/mol. The molecule has 6 nitrogen and oxygen atoms in total. The Morgan fingerprint density at radius 3 is 2.85 bits per heavy atom. The lowest BCUT2D eigenvalue weighted by Gasteiger charge is -2.20. The molecule has 0 saturated carbocycles. The van der Waals surface area contributed by atoms with Crippen molar-refractivity contribution >= 4 is 28.7 Å². The molecule has 0 fully saturated rings. The third-order valence-electron chi connectivity index (χ3n) is 4.22. The summed E-state index contributed by atoms with van der Waals surface area (Å²) in [6.07, 6.45) is 1.48. The summed E-state index contributed by atoms with van der Waals surface area (Å²) >= 11 is 6.01. The van der Waals surface area contributed by atoms with E-state index in [4.69, 9.17) is 11.6 Å². The molecule has 3 heterocycles. The van der Waals surface area contributed by atoms with Gasteiger partial charge in [0.2, 0.25) is 0 Å². The molecule has 1 unspecified atom stereocenters. The first-order valence-corrected chi connectivity index (χ1v) is 8.83. The van der Waals surface area contributed by atoms with Gasteiger partial charge < -0.3 is 10.3 Å². The van der Waals surface area contributed by atoms with E-state index >= 15 is 0 Å². The Labute approximate surface area is 159 Å². The van der Waals surface area contributed by atoms with Crippen LogP contribution in [0.5, 0.6) is 0 Å². The fourth-order valence-corrected chi connectivity index (χ4v) is 2.97. The molecular weight excluding hydrogens is 376 g/mol. The second kappa shape index (κ2) is 7.96. The molecular formula is C18H18ClF2N5O. The number of amides is 1. The van der Waals surface area contributed by atoms with E-state index in [0.717, 1.165) is 6.42 Å². The third-order valence-corrected chi connectivity index (χ3v) is 4.60. The zero-order valence-electron chi connectivity index (χ0n) is 14.8. The highest BCUT2D eigenvalue weighted by atomic mass is 35.5. The Kier molecular flexibility index (Phi) is 5.65. The van der Waals surface area contributed by atoms with Crippen LogP contribution in [0.1, 0.15) is 46.8 Å². The SMILES string of the molecule is CCCc1ncccc1C(NC(=O)c1nc2ncc(Cl)c(C)c2[nH]1)C(F)F. The lowest BCUT2D eigenvalue weighted by molar-refractivity contribution is 0.0734. The van der Waals surface area contributed by atoms with Crippen LogP contribution in [-0.4, -0.2) is 32.3 Å². The molecule has 27 heavy (non-hydrogen) atoms. The van der Waals surface area contributed by atoms with Gasteiger partial charge in [-0.1, -0.05) is 31.0 Å². The summed E-state index contributed by atoms with van der Waals surface area (Å²) in [6, 6.07) is 1.64. The van der Waals surface area contributed by atoms with Gasteiger partial charge in [0.1, 0.15) is 6.04 Å². The minimum absolute atomic E-state index is 0.102. The van der Waals surface area contributed by atoms with Crippen LogP contribution >= 0.6 is 11.6 Å². The number of hydrogen-bond acceptors (Lipinski definition) is 4. The van der Waals surface area contributed by atoms with Gasteiger partial charge in [0.05, 0.1) is 10.5 Å². The number of nitrogens with zero attached hydrogens (tertiary/aromatic N) is 3. The summed E-state index contributed by atoms with van der Waals surface area (Å²) in [5.74, 6) is -0.852. The predicted molar refractivity (Wildman–Crippen MR) is 98.1 cm³/mol. The lowest BCUT2D eigenvalue weighted by Crippen LogP contribution is -2.34. The molecule has 0 aliphatic rings. The number of alkyl halides is 2. The number of aromatic amines is 1. The maximum absolute atomic E-state index is 13.7. The quantitative estimate of drug-likeness (QED) is 0.663. The van der Waals surface area contributed by atoms with Gasteiger partial charge in [-0.15, -0.1) is 0 Å². The Bertz CT molecular complexity index is 976. The largest absolute Gasteiger partial charge is 0.337 e. The number of H-pyrrole nitrogens is 1. The summed E-state index contributed by atoms with van der Waals surface area (Å²) in [7, 11) is 0. The number of carbonyl (C=O) groups excluding carboxylic acids is 1. The molecule has 0 bridgehead atoms. The van der Waals surface area contributed by atoms with Crippen molar-refractivity contribution in [3.8, 4) is 0 Å². The summed E-state index contributed by atoms with van der Waals surface area (Å²) in [4.78, 5) is 27.7. The smallest absolute Gasteiger partial charge is 0.287 e. The fraction of sp³-hybridized carbons (Fsp3) is 0.333. The summed E-state index contributed by atoms with van der Waals surface area (Å²) < 4.78 is 27.4. The molecule has 2 N–H and O–H groups in total. The van der Waals surface area contributed by atoms with Crippen LogP contribution in [0.25, 0.3) is 11.2 Å². The van der Waals surface area contributed by atoms with Crippen molar-refractivity contribution in [3.05, 3.63) is 52.2 Å². The first-order chi connectivity index (χ1) is 12.9. The zero-order chi connectivity index (χ0) is 19.6. The van der Waals surface area contributed by atoms with Crippen molar-refractivity contribution in [2.75, 3.05) is 0 Å². The van der Waals surface area contributed by atoms with Crippen molar-refractivity contribution in [2.45, 2.75) is 39.2 Å². The van der Waals surface area contributed by atoms with Crippen molar-refractivity contribution < 1.29 is 13.6 Å². The maximum Gasteiger partial charge on any atom is 0.287 e. The zero-order valence-corrected chi connectivity index (χ0v) is 15.5. The van der Waals surface area contributed by atoms with Gasteiger partial charge in [0.15, 0.2) is 11.5 Å². The van der Waals surface area contributed by atoms with Gasteiger partial charge in [-0.2, -0.15) is 0 Å². The summed E-state index contributed by atoms with van der Waals surface area (Å²) in [5, 5.41) is 2.78. The highest BCUT2D eigenvalue weighted by molar-refractivity contribution is 6.31. The Morgan fingerprint density at radius 1 is 1.37 bits per heavy atom. The second-order valence-electron chi connectivity index (χ2n) is 6.09. The van der Waals surface area contributed by atoms with E-state index in [-0.39, 0.29) is 5.82 Å². The van der Waals surface area contributed by atoms with E-state index in [1.54, 1.807) is 25.3 Å². The lowest BCUT2D eigenvalue weighted by atomic mass is 10.0. The van der Waals surface area contributed by atoms with Crippen molar-refractivity contribution in [2.24, 2.45) is 0 Å². The molecule has 0 aliphatic carbocycles. The number of carbonyl (C=O) groups is 1. The number of nitrogens with one attached hydrogen (secondary N) is 2. The van der Waals surface area contributed by atoms with E-state index in [2.05, 4.69) is 25.3 Å². The van der Waals surface area contributed by atoms with E-state index in [1.807, 2.05) is 6.92 Å². The molecule has 3 rings (SSSR count). The molecule has 0 aliphatic heterocycles. The van der Waals surface area contributed by atoms with Gasteiger partial charge in [-0.3, -0.25) is 9.78 Å². The van der Waals surface area contributed by atoms with Crippen LogP contribution in [0.4, 0.5) is 8.78 Å². The standard InChI is InChI=1S/C18H18ClF2N5O/c1-3-5-12-10(6-4-7-22-12)14(15(20)21)25-18(27)17-24-13-9(2)11(19)8-23-16(13)26-17/h4,6-8,14-15H,3,5H2,1-2H3,(H,25,27)(H,23,24,26). The van der Waals surface area contributed by atoms with Crippen molar-refractivity contribution in [1.82, 2.24) is 25.3 Å². The third kappa shape index (κ3) is 3.90. The van der Waals surface area contributed by atoms with Crippen LogP contribution in [-0.2, 0) is 6.42 Å². The van der Waals surface area contributed by atoms with Gasteiger partial charge in [0.25, 0.3) is 12.3 Å². The Hall–Kier alpha value is -2.61. The van der Waals surface area contributed by atoms with E-state index < -0.39 is 18.4 Å². The van der Waals surface area contributed by atoms with Crippen LogP contribution < -0.4 is 5.32 Å². The van der Waals surface area contributed by atoms with Crippen LogP contribution in [0.3, 0.4) is 0 Å². The minimum Gasteiger partial charge on any atom is -0.337 e. The van der Waals surface area contributed by atoms with Crippen LogP contribution in [0.2, 0.25) is 5.02 Å². The fourth-order valence-electron chi connectivity index (χ4n) is 2.83. The van der Waals surface area contributed by atoms with E-state index in [9.17, 15) is 13.6 Å². The summed E-state index contributed by atoms with van der Waals surface area (Å²) in [6.45, 7) is 3.68. The van der Waals surface area contributed by atoms with Gasteiger partial charge in [0, 0.05) is 23.7 Å². The first-order valence-electron chi connectivity index (χ1n) is 8.46. The van der Waals surface area contributed by atoms with Gasteiger partial charge in [-0.25, -0.2) is 18.7 Å². The maximum atomic E-state index is 13.7. The first kappa shape index (κ1) is 19.2. The number of pyridine rings is 2. The average molecular weight is 394 g/mol. The number of aryl methyl sites for hydroxylation is 2. The average Bonchev–Trinajstić information content (AvgIpc) is 3.09. The Morgan fingerprint density at radius 2 is 2.15 bits per heavy atom. The predicted octanol–water partition coefficient (Wildman–Crippen LogP) is 4.00.